The normalized spacial score (nSPS) is 10.5. The Hall–Kier alpha value is -2.03. The van der Waals surface area contributed by atoms with Crippen molar-refractivity contribution < 1.29 is 4.79 Å². The number of likely N-dealkylation sites (N-methyl/N-ethyl adjacent to an activating group) is 1. The lowest BCUT2D eigenvalue weighted by molar-refractivity contribution is -0.117. The first-order valence-electron chi connectivity index (χ1n) is 10.9. The molecule has 3 nitrogen and oxygen atoms in total. The minimum absolute atomic E-state index is 0.320. The van der Waals surface area contributed by atoms with Crippen molar-refractivity contribution in [1.82, 2.24) is 10.6 Å². The smallest absolute Gasteiger partial charge is 0.129 e. The van der Waals surface area contributed by atoms with E-state index >= 15 is 0 Å². The molecule has 0 heterocycles. The number of hydrogen-bond donors (Lipinski definition) is 2. The van der Waals surface area contributed by atoms with E-state index in [9.17, 15) is 4.79 Å². The summed E-state index contributed by atoms with van der Waals surface area (Å²) in [7, 11) is 1.86. The molecule has 2 N–H and O–H groups in total. The topological polar surface area (TPSA) is 41.1 Å². The highest BCUT2D eigenvalue weighted by Gasteiger charge is 2.03. The van der Waals surface area contributed by atoms with Crippen molar-refractivity contribution in [3.8, 4) is 0 Å². The summed E-state index contributed by atoms with van der Waals surface area (Å²) in [5, 5.41) is 6.34. The third kappa shape index (κ3) is 11.0. The highest BCUT2D eigenvalue weighted by Crippen LogP contribution is 2.16. The van der Waals surface area contributed by atoms with E-state index in [2.05, 4.69) is 48.1 Å². The second-order valence-corrected chi connectivity index (χ2v) is 7.68. The van der Waals surface area contributed by atoms with Crippen LogP contribution in [0, 0.1) is 0 Å². The van der Waals surface area contributed by atoms with E-state index in [-0.39, 0.29) is 0 Å². The van der Waals surface area contributed by atoms with E-state index in [1.807, 2.05) is 7.05 Å². The molecule has 0 unspecified atom stereocenters. The maximum atomic E-state index is 10.9. The van der Waals surface area contributed by atoms with Crippen LogP contribution in [-0.2, 0) is 17.6 Å². The van der Waals surface area contributed by atoms with E-state index < -0.39 is 0 Å². The Balaban J connectivity index is 2.19. The molecule has 0 aliphatic heterocycles. The van der Waals surface area contributed by atoms with E-state index in [1.54, 1.807) is 6.92 Å². The number of carbonyl (C=O) groups is 1. The van der Waals surface area contributed by atoms with E-state index in [0.29, 0.717) is 5.78 Å². The minimum Gasteiger partial charge on any atom is -0.387 e. The fourth-order valence-electron chi connectivity index (χ4n) is 3.38. The minimum atomic E-state index is 0.320. The number of hydrogen-bond acceptors (Lipinski definition) is 3. The summed E-state index contributed by atoms with van der Waals surface area (Å²) < 4.78 is 0. The second kappa shape index (κ2) is 15.0. The fraction of sp³-hybridized carbons (Fsp3) is 0.560. The molecule has 3 heteroatoms. The molecule has 0 aromatic heterocycles. The van der Waals surface area contributed by atoms with Crippen molar-refractivity contribution in [1.29, 1.82) is 0 Å². The average Bonchev–Trinajstić information content (AvgIpc) is 2.69. The zero-order chi connectivity index (χ0) is 20.6. The van der Waals surface area contributed by atoms with Gasteiger partial charge in [-0.05, 0) is 56.6 Å². The van der Waals surface area contributed by atoms with E-state index in [0.717, 1.165) is 43.6 Å². The first-order valence-corrected chi connectivity index (χ1v) is 10.9. The summed E-state index contributed by atoms with van der Waals surface area (Å²) in [6, 6.07) is 8.89. The number of aryl methyl sites for hydroxylation is 2. The van der Waals surface area contributed by atoms with Crippen LogP contribution < -0.4 is 10.6 Å². The van der Waals surface area contributed by atoms with Crippen molar-refractivity contribution in [2.75, 3.05) is 13.6 Å². The molecule has 0 saturated heterocycles. The van der Waals surface area contributed by atoms with Crippen molar-refractivity contribution in [3.63, 3.8) is 0 Å². The molecule has 0 aliphatic rings. The van der Waals surface area contributed by atoms with Gasteiger partial charge >= 0.3 is 0 Å². The molecule has 156 valence electrons. The number of benzene rings is 1. The number of unbranched alkanes of at least 4 members (excludes halogenated alkanes) is 6. The van der Waals surface area contributed by atoms with Crippen LogP contribution in [0.4, 0.5) is 0 Å². The van der Waals surface area contributed by atoms with Crippen LogP contribution in [0.5, 0.6) is 0 Å². The number of nitrogens with one attached hydrogen (secondary N) is 2. The van der Waals surface area contributed by atoms with Gasteiger partial charge in [-0.15, -0.1) is 0 Å². The summed E-state index contributed by atoms with van der Waals surface area (Å²) in [6.45, 7) is 10.5. The third-order valence-corrected chi connectivity index (χ3v) is 5.22. The van der Waals surface area contributed by atoms with Gasteiger partial charge in [-0.2, -0.15) is 0 Å². The largest absolute Gasteiger partial charge is 0.387 e. The lowest BCUT2D eigenvalue weighted by atomic mass is 9.97. The van der Waals surface area contributed by atoms with Gasteiger partial charge in [0.25, 0.3) is 0 Å². The van der Waals surface area contributed by atoms with Gasteiger partial charge in [0.05, 0.1) is 0 Å². The van der Waals surface area contributed by atoms with Gasteiger partial charge in [0.1, 0.15) is 5.78 Å². The quantitative estimate of drug-likeness (QED) is 0.267. The summed E-state index contributed by atoms with van der Waals surface area (Å²) in [5.41, 5.74) is 4.75. The van der Waals surface area contributed by atoms with E-state index in [1.165, 1.54) is 56.1 Å². The van der Waals surface area contributed by atoms with Crippen LogP contribution in [0.2, 0.25) is 0 Å². The van der Waals surface area contributed by atoms with Crippen LogP contribution in [0.1, 0.15) is 75.8 Å². The number of ketones is 1. The van der Waals surface area contributed by atoms with Gasteiger partial charge in [-0.3, -0.25) is 0 Å². The molecule has 0 atom stereocenters. The summed E-state index contributed by atoms with van der Waals surface area (Å²) in [4.78, 5) is 10.9. The number of carbonyl (C=O) groups excluding carboxylic acids is 1. The molecule has 0 amide bonds. The molecule has 0 saturated carbocycles. The third-order valence-electron chi connectivity index (χ3n) is 5.22. The molecule has 1 aromatic rings. The first kappa shape index (κ1) is 24.0. The van der Waals surface area contributed by atoms with Gasteiger partial charge in [-0.1, -0.05) is 63.1 Å². The first-order chi connectivity index (χ1) is 13.5. The Kier molecular flexibility index (Phi) is 12.8. The summed E-state index contributed by atoms with van der Waals surface area (Å²) in [5.74, 6) is 0.320. The number of rotatable bonds is 17. The predicted octanol–water partition coefficient (Wildman–Crippen LogP) is 5.71. The van der Waals surface area contributed by atoms with Gasteiger partial charge < -0.3 is 15.4 Å². The second-order valence-electron chi connectivity index (χ2n) is 7.68. The van der Waals surface area contributed by atoms with Crippen LogP contribution in [0.3, 0.4) is 0 Å². The van der Waals surface area contributed by atoms with Crippen LogP contribution >= 0.6 is 0 Å². The highest BCUT2D eigenvalue weighted by molar-refractivity contribution is 5.75. The van der Waals surface area contributed by atoms with Crippen molar-refractivity contribution >= 4 is 5.78 Å². The molecular formula is C25H40N2O. The molecule has 28 heavy (non-hydrogen) atoms. The predicted molar refractivity (Wildman–Crippen MR) is 121 cm³/mol. The summed E-state index contributed by atoms with van der Waals surface area (Å²) >= 11 is 0. The summed E-state index contributed by atoms with van der Waals surface area (Å²) in [6.07, 6.45) is 12.7. The SMILES string of the molecule is C=C(NC)C(=C)NCCCCc1ccccc1CCCCCCCCC(C)=O. The monoisotopic (exact) mass is 384 g/mol. The van der Waals surface area contributed by atoms with Gasteiger partial charge in [0.15, 0.2) is 0 Å². The molecule has 0 fully saturated rings. The van der Waals surface area contributed by atoms with Crippen LogP contribution in [0.15, 0.2) is 48.8 Å². The molecular weight excluding hydrogens is 344 g/mol. The molecule has 0 aliphatic carbocycles. The highest BCUT2D eigenvalue weighted by atomic mass is 16.1. The van der Waals surface area contributed by atoms with Gasteiger partial charge in [0.2, 0.25) is 0 Å². The fourth-order valence-corrected chi connectivity index (χ4v) is 3.38. The Morgan fingerprint density at radius 1 is 0.821 bits per heavy atom. The Morgan fingerprint density at radius 2 is 1.36 bits per heavy atom. The molecule has 0 spiro atoms. The zero-order valence-electron chi connectivity index (χ0n) is 18.1. The van der Waals surface area contributed by atoms with Crippen molar-refractivity contribution in [2.45, 2.75) is 77.6 Å². The zero-order valence-corrected chi connectivity index (χ0v) is 18.1. The van der Waals surface area contributed by atoms with Crippen molar-refractivity contribution in [3.05, 3.63) is 59.9 Å². The standard InChI is InChI=1S/C25H40N2O/c1-21(28)15-9-7-5-6-8-10-16-24-17-11-12-18-25(24)19-13-14-20-27-23(3)22(2)26-4/h11-12,17-18,26-27H,2-3,5-10,13-16,19-20H2,1,4H3. The van der Waals surface area contributed by atoms with Crippen molar-refractivity contribution in [2.24, 2.45) is 0 Å². The molecule has 0 radical (unpaired) electrons. The maximum Gasteiger partial charge on any atom is 0.129 e. The maximum absolute atomic E-state index is 10.9. The Morgan fingerprint density at radius 3 is 1.93 bits per heavy atom. The number of Topliss-reactive ketones (excluding diaryl/α,β-unsaturated/α-hetero) is 1. The van der Waals surface area contributed by atoms with Crippen LogP contribution in [-0.4, -0.2) is 19.4 Å². The Labute approximate surface area is 172 Å². The molecule has 1 aromatic carbocycles. The molecule has 0 bridgehead atoms. The van der Waals surface area contributed by atoms with Crippen LogP contribution in [0.25, 0.3) is 0 Å². The van der Waals surface area contributed by atoms with Gasteiger partial charge in [-0.25, -0.2) is 0 Å². The lowest BCUT2D eigenvalue weighted by Crippen LogP contribution is -2.20. The lowest BCUT2D eigenvalue weighted by Gasteiger charge is -2.12. The van der Waals surface area contributed by atoms with E-state index in [4.69, 9.17) is 0 Å². The van der Waals surface area contributed by atoms with Gasteiger partial charge in [0, 0.05) is 31.4 Å². The molecule has 1 rings (SSSR count). The average molecular weight is 385 g/mol. The Bertz CT molecular complexity index is 606.